The number of hydrogen-bond donors (Lipinski definition) is 2. The molecule has 16 heavy (non-hydrogen) atoms. The molecule has 0 heterocycles. The standard InChI is InChI=1S/C12H22N2O2/c1-8(12(2,3)4)14-10(15)7-13-11(16)9-5-6-9/h8-9H,5-7H2,1-4H3,(H,13,16)(H,14,15)/t8-/m0/s1. The maximum atomic E-state index is 11.5. The number of carbonyl (C=O) groups is 2. The Morgan fingerprint density at radius 3 is 2.31 bits per heavy atom. The minimum Gasteiger partial charge on any atom is -0.352 e. The Labute approximate surface area is 97.2 Å². The molecule has 4 nitrogen and oxygen atoms in total. The van der Waals surface area contributed by atoms with Gasteiger partial charge in [0.2, 0.25) is 11.8 Å². The van der Waals surface area contributed by atoms with Crippen molar-refractivity contribution in [2.24, 2.45) is 11.3 Å². The molecule has 1 aliphatic rings. The van der Waals surface area contributed by atoms with E-state index >= 15 is 0 Å². The largest absolute Gasteiger partial charge is 0.352 e. The van der Waals surface area contributed by atoms with Crippen LogP contribution >= 0.6 is 0 Å². The monoisotopic (exact) mass is 226 g/mol. The fraction of sp³-hybridized carbons (Fsp3) is 0.833. The molecular formula is C12H22N2O2. The summed E-state index contributed by atoms with van der Waals surface area (Å²) >= 11 is 0. The minimum absolute atomic E-state index is 0.0126. The Morgan fingerprint density at radius 2 is 1.88 bits per heavy atom. The van der Waals surface area contributed by atoms with Crippen molar-refractivity contribution in [1.29, 1.82) is 0 Å². The van der Waals surface area contributed by atoms with Crippen LogP contribution in [0.15, 0.2) is 0 Å². The van der Waals surface area contributed by atoms with E-state index < -0.39 is 0 Å². The molecule has 2 N–H and O–H groups in total. The molecule has 2 amide bonds. The molecular weight excluding hydrogens is 204 g/mol. The molecule has 0 bridgehead atoms. The summed E-state index contributed by atoms with van der Waals surface area (Å²) < 4.78 is 0. The smallest absolute Gasteiger partial charge is 0.239 e. The average Bonchev–Trinajstić information content (AvgIpc) is 2.95. The predicted octanol–water partition coefficient (Wildman–Crippen LogP) is 1.06. The molecule has 0 saturated heterocycles. The third-order valence-electron chi connectivity index (χ3n) is 3.05. The molecule has 0 aromatic carbocycles. The number of carbonyl (C=O) groups excluding carboxylic acids is 2. The molecule has 92 valence electrons. The molecule has 0 aromatic rings. The van der Waals surface area contributed by atoms with Gasteiger partial charge in [0.15, 0.2) is 0 Å². The molecule has 1 rings (SSSR count). The summed E-state index contributed by atoms with van der Waals surface area (Å²) in [5, 5.41) is 5.53. The third-order valence-corrected chi connectivity index (χ3v) is 3.05. The van der Waals surface area contributed by atoms with Gasteiger partial charge in [0.05, 0.1) is 6.54 Å². The number of nitrogens with one attached hydrogen (secondary N) is 2. The fourth-order valence-electron chi connectivity index (χ4n) is 1.17. The molecule has 1 aliphatic carbocycles. The Balaban J connectivity index is 2.22. The van der Waals surface area contributed by atoms with Crippen LogP contribution < -0.4 is 10.6 Å². The summed E-state index contributed by atoms with van der Waals surface area (Å²) in [7, 11) is 0. The summed E-state index contributed by atoms with van der Waals surface area (Å²) in [4.78, 5) is 22.8. The van der Waals surface area contributed by atoms with Gasteiger partial charge < -0.3 is 10.6 Å². The topological polar surface area (TPSA) is 58.2 Å². The van der Waals surface area contributed by atoms with Crippen molar-refractivity contribution in [2.45, 2.75) is 46.6 Å². The van der Waals surface area contributed by atoms with Gasteiger partial charge in [-0.15, -0.1) is 0 Å². The van der Waals surface area contributed by atoms with E-state index in [1.807, 2.05) is 6.92 Å². The normalized spacial score (nSPS) is 17.8. The van der Waals surface area contributed by atoms with Gasteiger partial charge in [-0.25, -0.2) is 0 Å². The zero-order chi connectivity index (χ0) is 12.3. The lowest BCUT2D eigenvalue weighted by atomic mass is 9.88. The summed E-state index contributed by atoms with van der Waals surface area (Å²) in [6.45, 7) is 8.28. The van der Waals surface area contributed by atoms with Crippen LogP contribution in [0.5, 0.6) is 0 Å². The van der Waals surface area contributed by atoms with E-state index in [0.29, 0.717) is 0 Å². The van der Waals surface area contributed by atoms with Crippen molar-refractivity contribution in [3.8, 4) is 0 Å². The van der Waals surface area contributed by atoms with Crippen molar-refractivity contribution in [2.75, 3.05) is 6.54 Å². The predicted molar refractivity (Wildman–Crippen MR) is 62.8 cm³/mol. The van der Waals surface area contributed by atoms with Gasteiger partial charge in [-0.2, -0.15) is 0 Å². The Morgan fingerprint density at radius 1 is 1.31 bits per heavy atom. The second kappa shape index (κ2) is 4.85. The number of amides is 2. The van der Waals surface area contributed by atoms with Crippen LogP contribution in [0.1, 0.15) is 40.5 Å². The van der Waals surface area contributed by atoms with Crippen LogP contribution in [0, 0.1) is 11.3 Å². The van der Waals surface area contributed by atoms with Crippen molar-refractivity contribution >= 4 is 11.8 Å². The Hall–Kier alpha value is -1.06. The quantitative estimate of drug-likeness (QED) is 0.753. The van der Waals surface area contributed by atoms with Gasteiger partial charge >= 0.3 is 0 Å². The molecule has 0 aromatic heterocycles. The molecule has 0 radical (unpaired) electrons. The molecule has 0 aliphatic heterocycles. The Bertz CT molecular complexity index is 277. The average molecular weight is 226 g/mol. The second-order valence-corrected chi connectivity index (χ2v) is 5.65. The van der Waals surface area contributed by atoms with Gasteiger partial charge in [-0.1, -0.05) is 20.8 Å². The highest BCUT2D eigenvalue weighted by atomic mass is 16.2. The van der Waals surface area contributed by atoms with E-state index in [9.17, 15) is 9.59 Å². The zero-order valence-electron chi connectivity index (χ0n) is 10.6. The summed E-state index contributed by atoms with van der Waals surface area (Å²) in [5.41, 5.74) is 0.0379. The van der Waals surface area contributed by atoms with Gasteiger partial charge in [0.25, 0.3) is 0 Å². The maximum Gasteiger partial charge on any atom is 0.239 e. The van der Waals surface area contributed by atoms with Crippen LogP contribution in [0.3, 0.4) is 0 Å². The summed E-state index contributed by atoms with van der Waals surface area (Å²) in [6, 6.07) is 0.0952. The first-order valence-electron chi connectivity index (χ1n) is 5.88. The highest BCUT2D eigenvalue weighted by molar-refractivity contribution is 5.86. The van der Waals surface area contributed by atoms with Gasteiger partial charge in [-0.05, 0) is 25.2 Å². The summed E-state index contributed by atoms with van der Waals surface area (Å²) in [6.07, 6.45) is 1.93. The van der Waals surface area contributed by atoms with Crippen LogP contribution in [0.25, 0.3) is 0 Å². The SMILES string of the molecule is C[C@H](NC(=O)CNC(=O)C1CC1)C(C)(C)C. The summed E-state index contributed by atoms with van der Waals surface area (Å²) in [5.74, 6) is 0.0582. The van der Waals surface area contributed by atoms with E-state index in [2.05, 4.69) is 31.4 Å². The fourth-order valence-corrected chi connectivity index (χ4v) is 1.17. The second-order valence-electron chi connectivity index (χ2n) is 5.65. The lowest BCUT2D eigenvalue weighted by Gasteiger charge is -2.28. The first-order valence-corrected chi connectivity index (χ1v) is 5.88. The van der Waals surface area contributed by atoms with Crippen LogP contribution in [-0.2, 0) is 9.59 Å². The van der Waals surface area contributed by atoms with Crippen LogP contribution in [-0.4, -0.2) is 24.4 Å². The molecule has 1 atom stereocenters. The molecule has 0 unspecified atom stereocenters. The Kier molecular flexibility index (Phi) is 3.94. The highest BCUT2D eigenvalue weighted by Crippen LogP contribution is 2.28. The number of rotatable bonds is 4. The van der Waals surface area contributed by atoms with Crippen molar-refractivity contribution in [3.63, 3.8) is 0 Å². The zero-order valence-corrected chi connectivity index (χ0v) is 10.6. The van der Waals surface area contributed by atoms with E-state index in [1.54, 1.807) is 0 Å². The van der Waals surface area contributed by atoms with Crippen LogP contribution in [0.2, 0.25) is 0 Å². The third kappa shape index (κ3) is 4.21. The van der Waals surface area contributed by atoms with E-state index in [-0.39, 0.29) is 35.7 Å². The van der Waals surface area contributed by atoms with Crippen molar-refractivity contribution in [3.05, 3.63) is 0 Å². The first kappa shape index (κ1) is 13.0. The lowest BCUT2D eigenvalue weighted by molar-refractivity contribution is -0.127. The van der Waals surface area contributed by atoms with Gasteiger partial charge in [-0.3, -0.25) is 9.59 Å². The van der Waals surface area contributed by atoms with Gasteiger partial charge in [0, 0.05) is 12.0 Å². The van der Waals surface area contributed by atoms with E-state index in [4.69, 9.17) is 0 Å². The van der Waals surface area contributed by atoms with Crippen molar-refractivity contribution in [1.82, 2.24) is 10.6 Å². The molecule has 1 saturated carbocycles. The molecule has 4 heteroatoms. The lowest BCUT2D eigenvalue weighted by Crippen LogP contribution is -2.46. The highest BCUT2D eigenvalue weighted by Gasteiger charge is 2.29. The molecule has 0 spiro atoms. The first-order chi connectivity index (χ1) is 7.30. The van der Waals surface area contributed by atoms with Crippen molar-refractivity contribution < 1.29 is 9.59 Å². The van der Waals surface area contributed by atoms with Crippen LogP contribution in [0.4, 0.5) is 0 Å². The number of hydrogen-bond acceptors (Lipinski definition) is 2. The maximum absolute atomic E-state index is 11.5. The van der Waals surface area contributed by atoms with E-state index in [0.717, 1.165) is 12.8 Å². The van der Waals surface area contributed by atoms with E-state index in [1.165, 1.54) is 0 Å². The molecule has 1 fully saturated rings. The minimum atomic E-state index is -0.114. The van der Waals surface area contributed by atoms with Gasteiger partial charge in [0.1, 0.15) is 0 Å².